The predicted octanol–water partition coefficient (Wildman–Crippen LogP) is 3.95. The number of hydrogen-bond donors (Lipinski definition) is 1. The van der Waals surface area contributed by atoms with Gasteiger partial charge in [0.15, 0.2) is 0 Å². The molecular formula is C11H13BrF4N2. The Morgan fingerprint density at radius 2 is 1.94 bits per heavy atom. The van der Waals surface area contributed by atoms with Gasteiger partial charge < -0.3 is 10.6 Å². The molecule has 0 saturated carbocycles. The van der Waals surface area contributed by atoms with E-state index in [1.54, 1.807) is 6.92 Å². The topological polar surface area (TPSA) is 29.3 Å². The zero-order valence-corrected chi connectivity index (χ0v) is 11.3. The van der Waals surface area contributed by atoms with E-state index in [4.69, 9.17) is 5.73 Å². The summed E-state index contributed by atoms with van der Waals surface area (Å²) in [4.78, 5) is 1.10. The lowest BCUT2D eigenvalue weighted by Gasteiger charge is -2.27. The highest BCUT2D eigenvalue weighted by Gasteiger charge is 2.31. The SMILES string of the molecule is CCCN(CC(F)(F)F)c1cc(Br)c(F)cc1N. The fourth-order valence-corrected chi connectivity index (χ4v) is 1.93. The smallest absolute Gasteiger partial charge is 0.397 e. The van der Waals surface area contributed by atoms with Crippen molar-refractivity contribution in [1.82, 2.24) is 0 Å². The van der Waals surface area contributed by atoms with Crippen molar-refractivity contribution in [2.45, 2.75) is 19.5 Å². The van der Waals surface area contributed by atoms with Gasteiger partial charge >= 0.3 is 6.18 Å². The second-order valence-electron chi connectivity index (χ2n) is 3.86. The number of nitrogen functional groups attached to an aromatic ring is 1. The number of halogens is 5. The Kier molecular flexibility index (Phi) is 4.84. The first-order valence-electron chi connectivity index (χ1n) is 5.31. The fraction of sp³-hybridized carbons (Fsp3) is 0.455. The Morgan fingerprint density at radius 3 is 2.44 bits per heavy atom. The summed E-state index contributed by atoms with van der Waals surface area (Å²) in [7, 11) is 0. The maximum absolute atomic E-state index is 13.2. The molecule has 0 fully saturated rings. The Labute approximate surface area is 111 Å². The van der Waals surface area contributed by atoms with Crippen LogP contribution in [0.4, 0.5) is 28.9 Å². The van der Waals surface area contributed by atoms with Crippen molar-refractivity contribution in [1.29, 1.82) is 0 Å². The van der Waals surface area contributed by atoms with Crippen LogP contribution in [0.3, 0.4) is 0 Å². The van der Waals surface area contributed by atoms with Crippen LogP contribution in [0.1, 0.15) is 13.3 Å². The molecule has 0 radical (unpaired) electrons. The third kappa shape index (κ3) is 4.04. The molecule has 102 valence electrons. The molecule has 0 heterocycles. The van der Waals surface area contributed by atoms with Gasteiger partial charge in [0.2, 0.25) is 0 Å². The summed E-state index contributed by atoms with van der Waals surface area (Å²) in [6.07, 6.45) is -3.80. The van der Waals surface area contributed by atoms with Crippen molar-refractivity contribution in [2.75, 3.05) is 23.7 Å². The molecule has 0 aliphatic heterocycles. The number of nitrogens with two attached hydrogens (primary N) is 1. The molecule has 0 atom stereocenters. The molecular weight excluding hydrogens is 316 g/mol. The first kappa shape index (κ1) is 15.1. The van der Waals surface area contributed by atoms with E-state index in [1.807, 2.05) is 0 Å². The number of benzene rings is 1. The highest BCUT2D eigenvalue weighted by molar-refractivity contribution is 9.10. The molecule has 0 saturated heterocycles. The first-order chi connectivity index (χ1) is 8.24. The molecule has 0 unspecified atom stereocenters. The Balaban J connectivity index is 3.09. The number of nitrogens with zero attached hydrogens (tertiary/aromatic N) is 1. The minimum Gasteiger partial charge on any atom is -0.397 e. The van der Waals surface area contributed by atoms with Crippen LogP contribution in [0.15, 0.2) is 16.6 Å². The van der Waals surface area contributed by atoms with E-state index in [0.29, 0.717) is 6.42 Å². The average molecular weight is 329 g/mol. The molecule has 0 aliphatic rings. The normalized spacial score (nSPS) is 11.7. The van der Waals surface area contributed by atoms with E-state index >= 15 is 0 Å². The Morgan fingerprint density at radius 1 is 1.33 bits per heavy atom. The molecule has 18 heavy (non-hydrogen) atoms. The van der Waals surface area contributed by atoms with Gasteiger partial charge in [0, 0.05) is 12.6 Å². The molecule has 0 spiro atoms. The minimum absolute atomic E-state index is 0.00611. The number of alkyl halides is 3. The van der Waals surface area contributed by atoms with Gasteiger partial charge in [0.1, 0.15) is 12.4 Å². The summed E-state index contributed by atoms with van der Waals surface area (Å²) >= 11 is 2.94. The summed E-state index contributed by atoms with van der Waals surface area (Å²) in [5.41, 5.74) is 5.75. The molecule has 0 aliphatic carbocycles. The van der Waals surface area contributed by atoms with Crippen LogP contribution in [-0.4, -0.2) is 19.3 Å². The van der Waals surface area contributed by atoms with Gasteiger partial charge in [-0.15, -0.1) is 0 Å². The third-order valence-electron chi connectivity index (χ3n) is 2.27. The molecule has 1 aromatic carbocycles. The standard InChI is InChI=1S/C11H13BrF4N2/c1-2-3-18(6-11(14,15)16)10-4-7(12)8(13)5-9(10)17/h4-5H,2-3,6,17H2,1H3. The summed E-state index contributed by atoms with van der Waals surface area (Å²) in [5.74, 6) is -0.597. The van der Waals surface area contributed by atoms with Gasteiger partial charge in [-0.1, -0.05) is 6.92 Å². The quantitative estimate of drug-likeness (QED) is 0.669. The number of anilines is 2. The van der Waals surface area contributed by atoms with E-state index in [1.165, 1.54) is 6.07 Å². The van der Waals surface area contributed by atoms with Gasteiger partial charge in [-0.2, -0.15) is 13.2 Å². The molecule has 1 aromatic rings. The lowest BCUT2D eigenvalue weighted by Crippen LogP contribution is -2.35. The van der Waals surface area contributed by atoms with Crippen molar-refractivity contribution in [2.24, 2.45) is 0 Å². The Hall–Kier alpha value is -0.980. The highest BCUT2D eigenvalue weighted by Crippen LogP contribution is 2.31. The van der Waals surface area contributed by atoms with E-state index in [9.17, 15) is 17.6 Å². The molecule has 0 bridgehead atoms. The van der Waals surface area contributed by atoms with Crippen LogP contribution < -0.4 is 10.6 Å². The van der Waals surface area contributed by atoms with Crippen LogP contribution >= 0.6 is 15.9 Å². The lowest BCUT2D eigenvalue weighted by atomic mass is 10.2. The summed E-state index contributed by atoms with van der Waals surface area (Å²) in [5, 5.41) is 0. The van der Waals surface area contributed by atoms with Crippen LogP contribution in [0.5, 0.6) is 0 Å². The summed E-state index contributed by atoms with van der Waals surface area (Å²) in [6.45, 7) is 0.850. The monoisotopic (exact) mass is 328 g/mol. The first-order valence-corrected chi connectivity index (χ1v) is 6.10. The maximum Gasteiger partial charge on any atom is 0.405 e. The van der Waals surface area contributed by atoms with Gasteiger partial charge in [-0.25, -0.2) is 4.39 Å². The van der Waals surface area contributed by atoms with E-state index in [2.05, 4.69) is 15.9 Å². The number of hydrogen-bond acceptors (Lipinski definition) is 2. The Bertz CT molecular complexity index is 420. The van der Waals surface area contributed by atoms with Crippen molar-refractivity contribution in [3.8, 4) is 0 Å². The van der Waals surface area contributed by atoms with Gasteiger partial charge in [0.05, 0.1) is 15.8 Å². The van der Waals surface area contributed by atoms with Crippen molar-refractivity contribution in [3.63, 3.8) is 0 Å². The van der Waals surface area contributed by atoms with Gasteiger partial charge in [-0.05, 0) is 28.4 Å². The predicted molar refractivity (Wildman–Crippen MR) is 67.1 cm³/mol. The number of rotatable bonds is 4. The lowest BCUT2D eigenvalue weighted by molar-refractivity contribution is -0.119. The summed E-state index contributed by atoms with van der Waals surface area (Å²) in [6, 6.07) is 2.28. The van der Waals surface area contributed by atoms with Crippen LogP contribution in [0, 0.1) is 5.82 Å². The maximum atomic E-state index is 13.2. The fourth-order valence-electron chi connectivity index (χ4n) is 1.60. The largest absolute Gasteiger partial charge is 0.405 e. The molecule has 0 aromatic heterocycles. The third-order valence-corrected chi connectivity index (χ3v) is 2.88. The van der Waals surface area contributed by atoms with Crippen molar-refractivity contribution >= 4 is 27.3 Å². The van der Waals surface area contributed by atoms with Gasteiger partial charge in [0.25, 0.3) is 0 Å². The van der Waals surface area contributed by atoms with Crippen molar-refractivity contribution < 1.29 is 17.6 Å². The van der Waals surface area contributed by atoms with Crippen LogP contribution in [0.2, 0.25) is 0 Å². The second kappa shape index (κ2) is 5.77. The molecule has 1 rings (SSSR count). The van der Waals surface area contributed by atoms with E-state index in [0.717, 1.165) is 11.0 Å². The van der Waals surface area contributed by atoms with E-state index < -0.39 is 18.5 Å². The molecule has 0 amide bonds. The summed E-state index contributed by atoms with van der Waals surface area (Å²) < 4.78 is 50.6. The van der Waals surface area contributed by atoms with Gasteiger partial charge in [-0.3, -0.25) is 0 Å². The molecule has 2 nitrogen and oxygen atoms in total. The zero-order chi connectivity index (χ0) is 13.9. The molecule has 7 heteroatoms. The minimum atomic E-state index is -4.33. The van der Waals surface area contributed by atoms with Crippen LogP contribution in [-0.2, 0) is 0 Å². The van der Waals surface area contributed by atoms with Crippen molar-refractivity contribution in [3.05, 3.63) is 22.4 Å². The van der Waals surface area contributed by atoms with Crippen LogP contribution in [0.25, 0.3) is 0 Å². The zero-order valence-electron chi connectivity index (χ0n) is 9.69. The average Bonchev–Trinajstić information content (AvgIpc) is 2.21. The van der Waals surface area contributed by atoms with E-state index in [-0.39, 0.29) is 22.4 Å². The highest BCUT2D eigenvalue weighted by atomic mass is 79.9. The molecule has 2 N–H and O–H groups in total. The second-order valence-corrected chi connectivity index (χ2v) is 4.72.